The summed E-state index contributed by atoms with van der Waals surface area (Å²) in [5.41, 5.74) is 2.79. The van der Waals surface area contributed by atoms with Crippen molar-refractivity contribution in [2.45, 2.75) is 6.04 Å². The number of fused-ring (bicyclic) bond motifs is 4. The zero-order valence-corrected chi connectivity index (χ0v) is 13.1. The van der Waals surface area contributed by atoms with E-state index in [1.54, 1.807) is 6.20 Å². The molecule has 1 unspecified atom stereocenters. The second kappa shape index (κ2) is 4.86. The molecule has 2 aromatic rings. The van der Waals surface area contributed by atoms with Crippen molar-refractivity contribution >= 4 is 28.5 Å². The lowest BCUT2D eigenvalue weighted by molar-refractivity contribution is 0.134. The summed E-state index contributed by atoms with van der Waals surface area (Å²) in [7, 11) is 0. The van der Waals surface area contributed by atoms with Gasteiger partial charge in [0, 0.05) is 37.8 Å². The lowest BCUT2D eigenvalue weighted by atomic mass is 10.0. The van der Waals surface area contributed by atoms with Crippen LogP contribution in [-0.2, 0) is 0 Å². The Bertz CT molecular complexity index is 842. The van der Waals surface area contributed by atoms with E-state index in [-0.39, 0.29) is 6.04 Å². The maximum absolute atomic E-state index is 11.4. The number of nitrogens with zero attached hydrogens (tertiary/aromatic N) is 5. The van der Waals surface area contributed by atoms with Gasteiger partial charge in [-0.3, -0.25) is 0 Å². The Morgan fingerprint density at radius 3 is 3.04 bits per heavy atom. The van der Waals surface area contributed by atoms with Crippen molar-refractivity contribution < 1.29 is 14.6 Å². The molecular weight excluding hydrogens is 310 g/mol. The minimum absolute atomic E-state index is 0.138. The molecule has 0 bridgehead atoms. The first-order valence-electron chi connectivity index (χ1n) is 8.13. The first-order chi connectivity index (χ1) is 11.7. The van der Waals surface area contributed by atoms with Crippen LogP contribution in [0.2, 0.25) is 0 Å². The molecule has 5 rings (SSSR count). The SMILES string of the molecule is O=C(O)N1CCN2c3c4c(nc5ncccc35)OCCN4CC2C1. The molecule has 1 atom stereocenters. The fraction of sp³-hybridized carbons (Fsp3) is 0.438. The van der Waals surface area contributed by atoms with Crippen LogP contribution in [0.5, 0.6) is 5.88 Å². The van der Waals surface area contributed by atoms with Crippen molar-refractivity contribution in [3.63, 3.8) is 0 Å². The van der Waals surface area contributed by atoms with E-state index in [2.05, 4.69) is 19.8 Å². The van der Waals surface area contributed by atoms with Gasteiger partial charge in [-0.15, -0.1) is 0 Å². The Labute approximate surface area is 138 Å². The fourth-order valence-electron chi connectivity index (χ4n) is 4.01. The van der Waals surface area contributed by atoms with Crippen molar-refractivity contribution in [1.29, 1.82) is 0 Å². The third-order valence-corrected chi connectivity index (χ3v) is 5.06. The first-order valence-corrected chi connectivity index (χ1v) is 8.13. The van der Waals surface area contributed by atoms with E-state index in [4.69, 9.17) is 4.74 Å². The summed E-state index contributed by atoms with van der Waals surface area (Å²) in [5, 5.41) is 10.3. The third kappa shape index (κ3) is 1.82. The highest BCUT2D eigenvalue weighted by Crippen LogP contribution is 2.47. The average molecular weight is 327 g/mol. The van der Waals surface area contributed by atoms with Crippen LogP contribution in [0.1, 0.15) is 0 Å². The van der Waals surface area contributed by atoms with Crippen LogP contribution in [0.4, 0.5) is 16.2 Å². The molecule has 2 aromatic heterocycles. The number of piperazine rings is 1. The van der Waals surface area contributed by atoms with Crippen LogP contribution in [0.25, 0.3) is 11.0 Å². The Balaban J connectivity index is 1.69. The molecule has 5 heterocycles. The molecule has 1 N–H and O–H groups in total. The Kier molecular flexibility index (Phi) is 2.76. The molecule has 1 amide bonds. The fourth-order valence-corrected chi connectivity index (χ4v) is 4.01. The normalized spacial score (nSPS) is 22.0. The molecule has 3 aliphatic heterocycles. The Hall–Kier alpha value is -2.77. The van der Waals surface area contributed by atoms with Crippen molar-refractivity contribution in [2.75, 3.05) is 49.1 Å². The van der Waals surface area contributed by atoms with Crippen molar-refractivity contribution in [3.05, 3.63) is 18.3 Å². The number of carbonyl (C=O) groups is 1. The van der Waals surface area contributed by atoms with Gasteiger partial charge in [0.15, 0.2) is 5.65 Å². The van der Waals surface area contributed by atoms with E-state index < -0.39 is 6.09 Å². The van der Waals surface area contributed by atoms with E-state index in [1.807, 2.05) is 12.1 Å². The number of pyridine rings is 2. The predicted molar refractivity (Wildman–Crippen MR) is 88.0 cm³/mol. The van der Waals surface area contributed by atoms with Crippen molar-refractivity contribution in [2.24, 2.45) is 0 Å². The van der Waals surface area contributed by atoms with E-state index in [0.29, 0.717) is 37.8 Å². The van der Waals surface area contributed by atoms with E-state index in [9.17, 15) is 9.90 Å². The maximum atomic E-state index is 11.4. The number of ether oxygens (including phenoxy) is 1. The standard InChI is InChI=1S/C16H17N5O3/c22-16(23)20-4-5-21-10(9-20)8-19-6-7-24-15-13(19)12(21)11-2-1-3-17-14(11)18-15/h1-3,10H,4-9H2,(H,22,23). The smallest absolute Gasteiger partial charge is 0.407 e. The topological polar surface area (TPSA) is 82.0 Å². The molecule has 1 saturated heterocycles. The van der Waals surface area contributed by atoms with Crippen LogP contribution in [-0.4, -0.2) is 71.4 Å². The van der Waals surface area contributed by atoms with Gasteiger partial charge in [-0.1, -0.05) is 0 Å². The summed E-state index contributed by atoms with van der Waals surface area (Å²) in [6.45, 7) is 3.88. The number of hydrogen-bond acceptors (Lipinski definition) is 6. The molecule has 24 heavy (non-hydrogen) atoms. The molecule has 8 heteroatoms. The molecule has 0 aromatic carbocycles. The highest BCUT2D eigenvalue weighted by atomic mass is 16.5. The van der Waals surface area contributed by atoms with Crippen LogP contribution in [0, 0.1) is 0 Å². The minimum Gasteiger partial charge on any atom is -0.474 e. The lowest BCUT2D eigenvalue weighted by Crippen LogP contribution is -2.61. The summed E-state index contributed by atoms with van der Waals surface area (Å²) < 4.78 is 5.79. The maximum Gasteiger partial charge on any atom is 0.407 e. The number of rotatable bonds is 0. The number of carboxylic acid groups (broad SMARTS) is 1. The van der Waals surface area contributed by atoms with Gasteiger partial charge in [0.25, 0.3) is 0 Å². The van der Waals surface area contributed by atoms with E-state index in [1.165, 1.54) is 4.90 Å². The average Bonchev–Trinajstić information content (AvgIpc) is 2.61. The highest BCUT2D eigenvalue weighted by molar-refractivity contribution is 6.00. The molecule has 0 spiro atoms. The second-order valence-corrected chi connectivity index (χ2v) is 6.36. The zero-order valence-electron chi connectivity index (χ0n) is 13.1. The largest absolute Gasteiger partial charge is 0.474 e. The molecule has 3 aliphatic rings. The second-order valence-electron chi connectivity index (χ2n) is 6.36. The van der Waals surface area contributed by atoms with Crippen LogP contribution in [0.3, 0.4) is 0 Å². The van der Waals surface area contributed by atoms with Gasteiger partial charge in [-0.2, -0.15) is 4.98 Å². The van der Waals surface area contributed by atoms with Crippen LogP contribution >= 0.6 is 0 Å². The van der Waals surface area contributed by atoms with Gasteiger partial charge in [0.05, 0.1) is 18.3 Å². The number of hydrogen-bond donors (Lipinski definition) is 1. The molecular formula is C16H17N5O3. The molecule has 0 aliphatic carbocycles. The van der Waals surface area contributed by atoms with Crippen molar-refractivity contribution in [1.82, 2.24) is 14.9 Å². The summed E-state index contributed by atoms with van der Waals surface area (Å²) in [6, 6.07) is 4.08. The molecule has 124 valence electrons. The summed E-state index contributed by atoms with van der Waals surface area (Å²) in [4.78, 5) is 26.4. The monoisotopic (exact) mass is 327 g/mol. The molecule has 1 fully saturated rings. The zero-order chi connectivity index (χ0) is 16.3. The summed E-state index contributed by atoms with van der Waals surface area (Å²) >= 11 is 0. The number of aromatic nitrogens is 2. The van der Waals surface area contributed by atoms with Gasteiger partial charge in [0.2, 0.25) is 5.88 Å². The van der Waals surface area contributed by atoms with E-state index in [0.717, 1.165) is 29.9 Å². The number of anilines is 2. The van der Waals surface area contributed by atoms with Gasteiger partial charge in [-0.25, -0.2) is 9.78 Å². The quantitative estimate of drug-likeness (QED) is 0.773. The van der Waals surface area contributed by atoms with Gasteiger partial charge in [0.1, 0.15) is 12.3 Å². The Morgan fingerprint density at radius 1 is 1.25 bits per heavy atom. The third-order valence-electron chi connectivity index (χ3n) is 5.06. The van der Waals surface area contributed by atoms with Gasteiger partial charge < -0.3 is 24.5 Å². The van der Waals surface area contributed by atoms with Gasteiger partial charge in [-0.05, 0) is 12.1 Å². The lowest BCUT2D eigenvalue weighted by Gasteiger charge is -2.50. The number of amides is 1. The summed E-state index contributed by atoms with van der Waals surface area (Å²) in [5.74, 6) is 0.640. The Morgan fingerprint density at radius 2 is 2.17 bits per heavy atom. The van der Waals surface area contributed by atoms with Crippen LogP contribution in [0.15, 0.2) is 18.3 Å². The van der Waals surface area contributed by atoms with Crippen LogP contribution < -0.4 is 14.5 Å². The highest BCUT2D eigenvalue weighted by Gasteiger charge is 2.40. The first kappa shape index (κ1) is 13.6. The predicted octanol–water partition coefficient (Wildman–Crippen LogP) is 1.01. The summed E-state index contributed by atoms with van der Waals surface area (Å²) in [6.07, 6.45) is 0.891. The van der Waals surface area contributed by atoms with E-state index >= 15 is 0 Å². The van der Waals surface area contributed by atoms with Crippen molar-refractivity contribution in [3.8, 4) is 5.88 Å². The molecule has 8 nitrogen and oxygen atoms in total. The molecule has 0 saturated carbocycles. The molecule has 0 radical (unpaired) electrons. The van der Waals surface area contributed by atoms with Gasteiger partial charge >= 0.3 is 6.09 Å². The minimum atomic E-state index is -0.843.